The third-order valence-electron chi connectivity index (χ3n) is 3.60. The van der Waals surface area contributed by atoms with E-state index in [0.717, 1.165) is 5.56 Å². The van der Waals surface area contributed by atoms with Crippen LogP contribution in [0.15, 0.2) is 23.8 Å². The van der Waals surface area contributed by atoms with Crippen molar-refractivity contribution in [2.75, 3.05) is 6.54 Å². The first-order chi connectivity index (χ1) is 8.69. The van der Waals surface area contributed by atoms with Crippen LogP contribution in [0.2, 0.25) is 10.0 Å². The molecule has 0 heterocycles. The van der Waals surface area contributed by atoms with Gasteiger partial charge in [0, 0.05) is 16.6 Å². The third-order valence-corrected chi connectivity index (χ3v) is 4.04. The van der Waals surface area contributed by atoms with Gasteiger partial charge in [-0.25, -0.2) is 0 Å². The molecule has 1 aliphatic rings. The highest BCUT2D eigenvalue weighted by molar-refractivity contribution is 6.34. The van der Waals surface area contributed by atoms with Crippen molar-refractivity contribution < 1.29 is 0 Å². The summed E-state index contributed by atoms with van der Waals surface area (Å²) >= 11 is 12.0. The van der Waals surface area contributed by atoms with Gasteiger partial charge in [0.15, 0.2) is 0 Å². The smallest absolute Gasteiger partial charge is 0.0426 e. The Morgan fingerprint density at radius 3 is 2.28 bits per heavy atom. The lowest BCUT2D eigenvalue weighted by Gasteiger charge is -2.24. The van der Waals surface area contributed by atoms with Gasteiger partial charge in [-0.3, -0.25) is 0 Å². The maximum atomic E-state index is 6.02. The molecule has 0 unspecified atom stereocenters. The summed E-state index contributed by atoms with van der Waals surface area (Å²) in [6, 6.07) is 5.63. The molecule has 3 heteroatoms. The standard InChI is InChI=1S/C15H19Cl2N/c16-14-7-11(8-15(17)9-14)6-13(10-18)12-4-2-1-3-5-12/h6-9,12H,1-5,10,18H2. The van der Waals surface area contributed by atoms with Crippen LogP contribution in [0.1, 0.15) is 37.7 Å². The first kappa shape index (κ1) is 13.9. The van der Waals surface area contributed by atoms with Gasteiger partial charge in [-0.05, 0) is 42.5 Å². The summed E-state index contributed by atoms with van der Waals surface area (Å²) in [4.78, 5) is 0. The van der Waals surface area contributed by atoms with Gasteiger partial charge in [0.1, 0.15) is 0 Å². The number of hydrogen-bond donors (Lipinski definition) is 1. The Bertz CT molecular complexity index is 414. The van der Waals surface area contributed by atoms with Gasteiger partial charge in [0.2, 0.25) is 0 Å². The highest BCUT2D eigenvalue weighted by Crippen LogP contribution is 2.31. The average molecular weight is 284 g/mol. The molecule has 1 aliphatic carbocycles. The van der Waals surface area contributed by atoms with Crippen LogP contribution in [0.25, 0.3) is 6.08 Å². The van der Waals surface area contributed by atoms with E-state index in [1.165, 1.54) is 37.7 Å². The summed E-state index contributed by atoms with van der Waals surface area (Å²) in [5.41, 5.74) is 8.27. The SMILES string of the molecule is NCC(=Cc1cc(Cl)cc(Cl)c1)C1CCCCC1. The molecule has 18 heavy (non-hydrogen) atoms. The lowest BCUT2D eigenvalue weighted by Crippen LogP contribution is -2.16. The van der Waals surface area contributed by atoms with Crippen molar-refractivity contribution in [2.45, 2.75) is 32.1 Å². The average Bonchev–Trinajstić information content (AvgIpc) is 2.36. The van der Waals surface area contributed by atoms with E-state index in [9.17, 15) is 0 Å². The maximum Gasteiger partial charge on any atom is 0.0426 e. The molecule has 1 aromatic rings. The Kier molecular flexibility index (Phi) is 5.11. The molecule has 1 nitrogen and oxygen atoms in total. The molecular formula is C15H19Cl2N. The third kappa shape index (κ3) is 3.74. The van der Waals surface area contributed by atoms with Gasteiger partial charge in [-0.1, -0.05) is 54.1 Å². The monoisotopic (exact) mass is 283 g/mol. The molecule has 0 aliphatic heterocycles. The van der Waals surface area contributed by atoms with Crippen molar-refractivity contribution in [1.82, 2.24) is 0 Å². The van der Waals surface area contributed by atoms with E-state index in [2.05, 4.69) is 6.08 Å². The van der Waals surface area contributed by atoms with Crippen LogP contribution in [-0.4, -0.2) is 6.54 Å². The van der Waals surface area contributed by atoms with Crippen molar-refractivity contribution in [2.24, 2.45) is 11.7 Å². The predicted molar refractivity (Wildman–Crippen MR) is 80.1 cm³/mol. The van der Waals surface area contributed by atoms with E-state index >= 15 is 0 Å². The Balaban J connectivity index is 2.22. The van der Waals surface area contributed by atoms with E-state index in [4.69, 9.17) is 28.9 Å². The number of nitrogens with two attached hydrogens (primary N) is 1. The van der Waals surface area contributed by atoms with Crippen LogP contribution in [-0.2, 0) is 0 Å². The lowest BCUT2D eigenvalue weighted by atomic mass is 9.83. The quantitative estimate of drug-likeness (QED) is 0.838. The highest BCUT2D eigenvalue weighted by Gasteiger charge is 2.16. The number of benzene rings is 1. The molecule has 1 aromatic carbocycles. The zero-order valence-electron chi connectivity index (χ0n) is 10.5. The first-order valence-electron chi connectivity index (χ1n) is 6.55. The van der Waals surface area contributed by atoms with Crippen molar-refractivity contribution in [3.05, 3.63) is 39.4 Å². The summed E-state index contributed by atoms with van der Waals surface area (Å²) < 4.78 is 0. The number of hydrogen-bond acceptors (Lipinski definition) is 1. The minimum atomic E-state index is 0.620. The maximum absolute atomic E-state index is 6.02. The molecule has 0 bridgehead atoms. The molecule has 2 N–H and O–H groups in total. The second kappa shape index (κ2) is 6.60. The molecule has 1 fully saturated rings. The van der Waals surface area contributed by atoms with Gasteiger partial charge in [0.05, 0.1) is 0 Å². The van der Waals surface area contributed by atoms with E-state index in [0.29, 0.717) is 22.5 Å². The van der Waals surface area contributed by atoms with Crippen molar-refractivity contribution >= 4 is 29.3 Å². The number of rotatable bonds is 3. The normalized spacial score (nSPS) is 18.1. The van der Waals surface area contributed by atoms with Crippen LogP contribution in [0, 0.1) is 5.92 Å². The van der Waals surface area contributed by atoms with Gasteiger partial charge in [0.25, 0.3) is 0 Å². The fraction of sp³-hybridized carbons (Fsp3) is 0.467. The van der Waals surface area contributed by atoms with Crippen molar-refractivity contribution in [3.8, 4) is 0 Å². The molecule has 0 saturated heterocycles. The van der Waals surface area contributed by atoms with Crippen LogP contribution in [0.3, 0.4) is 0 Å². The molecule has 0 aromatic heterocycles. The predicted octanol–water partition coefficient (Wildman–Crippen LogP) is 4.92. The van der Waals surface area contributed by atoms with Crippen LogP contribution >= 0.6 is 23.2 Å². The summed E-state index contributed by atoms with van der Waals surface area (Å²) in [6.07, 6.45) is 8.68. The number of halogens is 2. The van der Waals surface area contributed by atoms with Gasteiger partial charge < -0.3 is 5.73 Å². The molecule has 2 rings (SSSR count). The Morgan fingerprint density at radius 1 is 1.11 bits per heavy atom. The first-order valence-corrected chi connectivity index (χ1v) is 7.31. The molecule has 98 valence electrons. The van der Waals surface area contributed by atoms with Crippen molar-refractivity contribution in [1.29, 1.82) is 0 Å². The summed E-state index contributed by atoms with van der Waals surface area (Å²) in [5, 5.41) is 1.35. The molecular weight excluding hydrogens is 265 g/mol. The fourth-order valence-corrected chi connectivity index (χ4v) is 3.23. The minimum Gasteiger partial charge on any atom is -0.327 e. The van der Waals surface area contributed by atoms with Crippen LogP contribution < -0.4 is 5.73 Å². The van der Waals surface area contributed by atoms with E-state index in [1.54, 1.807) is 6.07 Å². The zero-order valence-corrected chi connectivity index (χ0v) is 12.0. The van der Waals surface area contributed by atoms with Crippen molar-refractivity contribution in [3.63, 3.8) is 0 Å². The summed E-state index contributed by atoms with van der Waals surface area (Å²) in [7, 11) is 0. The minimum absolute atomic E-state index is 0.620. The van der Waals surface area contributed by atoms with Crippen LogP contribution in [0.4, 0.5) is 0 Å². The largest absolute Gasteiger partial charge is 0.327 e. The lowest BCUT2D eigenvalue weighted by molar-refractivity contribution is 0.401. The van der Waals surface area contributed by atoms with E-state index < -0.39 is 0 Å². The molecule has 0 radical (unpaired) electrons. The topological polar surface area (TPSA) is 26.0 Å². The van der Waals surface area contributed by atoms with Crippen LogP contribution in [0.5, 0.6) is 0 Å². The Hall–Kier alpha value is -0.500. The van der Waals surface area contributed by atoms with Gasteiger partial charge >= 0.3 is 0 Å². The fourth-order valence-electron chi connectivity index (χ4n) is 2.69. The van der Waals surface area contributed by atoms with E-state index in [1.807, 2.05) is 12.1 Å². The zero-order chi connectivity index (χ0) is 13.0. The Labute approximate surface area is 119 Å². The molecule has 0 amide bonds. The van der Waals surface area contributed by atoms with E-state index in [-0.39, 0.29) is 0 Å². The highest BCUT2D eigenvalue weighted by atomic mass is 35.5. The second-order valence-corrected chi connectivity index (χ2v) is 5.83. The summed E-state index contributed by atoms with van der Waals surface area (Å²) in [5.74, 6) is 0.640. The molecule has 0 spiro atoms. The molecule has 1 saturated carbocycles. The Morgan fingerprint density at radius 2 is 1.72 bits per heavy atom. The second-order valence-electron chi connectivity index (χ2n) is 4.96. The van der Waals surface area contributed by atoms with Gasteiger partial charge in [-0.2, -0.15) is 0 Å². The summed E-state index contributed by atoms with van der Waals surface area (Å²) in [6.45, 7) is 0.620. The van der Waals surface area contributed by atoms with Gasteiger partial charge in [-0.15, -0.1) is 0 Å². The molecule has 0 atom stereocenters.